The Balaban J connectivity index is 1.59. The van der Waals surface area contributed by atoms with Crippen molar-refractivity contribution in [1.82, 2.24) is 19.4 Å². The van der Waals surface area contributed by atoms with Crippen molar-refractivity contribution < 1.29 is 0 Å². The van der Waals surface area contributed by atoms with E-state index in [0.29, 0.717) is 12.0 Å². The number of rotatable bonds is 3. The SMILES string of the molecule is Cc1cnc2c(c1)nc(N)n2C1CCCN(Cc2ccccc2)C1. The lowest BCUT2D eigenvalue weighted by molar-refractivity contribution is 0.173. The van der Waals surface area contributed by atoms with Gasteiger partial charge in [0.2, 0.25) is 5.95 Å². The van der Waals surface area contributed by atoms with Crippen LogP contribution in [-0.2, 0) is 6.54 Å². The van der Waals surface area contributed by atoms with E-state index in [1.807, 2.05) is 13.1 Å². The Bertz CT molecular complexity index is 840. The second-order valence-electron chi connectivity index (χ2n) is 6.71. The normalized spacial score (nSPS) is 19.0. The molecule has 0 aliphatic carbocycles. The van der Waals surface area contributed by atoms with E-state index in [1.54, 1.807) is 0 Å². The van der Waals surface area contributed by atoms with Gasteiger partial charge in [0, 0.05) is 19.3 Å². The first-order valence-electron chi connectivity index (χ1n) is 8.57. The van der Waals surface area contributed by atoms with Gasteiger partial charge in [0.05, 0.1) is 6.04 Å². The molecule has 1 atom stereocenters. The van der Waals surface area contributed by atoms with Crippen molar-refractivity contribution >= 4 is 17.1 Å². The number of nitrogen functional groups attached to an aromatic ring is 1. The molecule has 1 aromatic carbocycles. The van der Waals surface area contributed by atoms with Crippen LogP contribution in [0.3, 0.4) is 0 Å². The van der Waals surface area contributed by atoms with E-state index in [2.05, 4.69) is 55.8 Å². The average Bonchev–Trinajstić information content (AvgIpc) is 2.91. The Kier molecular flexibility index (Phi) is 3.94. The number of aryl methyl sites for hydroxylation is 1. The number of nitrogens with zero attached hydrogens (tertiary/aromatic N) is 4. The van der Waals surface area contributed by atoms with E-state index >= 15 is 0 Å². The number of benzene rings is 1. The molecule has 0 saturated carbocycles. The van der Waals surface area contributed by atoms with Crippen LogP contribution in [0.1, 0.15) is 30.0 Å². The third-order valence-corrected chi connectivity index (χ3v) is 4.79. The maximum absolute atomic E-state index is 6.23. The van der Waals surface area contributed by atoms with Gasteiger partial charge in [-0.2, -0.15) is 0 Å². The number of anilines is 1. The van der Waals surface area contributed by atoms with Crippen LogP contribution in [0.15, 0.2) is 42.6 Å². The van der Waals surface area contributed by atoms with Crippen molar-refractivity contribution in [3.63, 3.8) is 0 Å². The predicted molar refractivity (Wildman–Crippen MR) is 96.7 cm³/mol. The van der Waals surface area contributed by atoms with Gasteiger partial charge >= 0.3 is 0 Å². The number of fused-ring (bicyclic) bond motifs is 1. The van der Waals surface area contributed by atoms with Gasteiger partial charge in [0.1, 0.15) is 5.52 Å². The fraction of sp³-hybridized carbons (Fsp3) is 0.368. The second-order valence-corrected chi connectivity index (χ2v) is 6.71. The third-order valence-electron chi connectivity index (χ3n) is 4.79. The van der Waals surface area contributed by atoms with Gasteiger partial charge in [0.15, 0.2) is 5.65 Å². The second kappa shape index (κ2) is 6.24. The standard InChI is InChI=1S/C19H23N5/c1-14-10-17-18(21-11-14)24(19(20)22-17)16-8-5-9-23(13-16)12-15-6-3-2-4-7-15/h2-4,6-7,10-11,16H,5,8-9,12-13H2,1H3,(H2,20,22). The van der Waals surface area contributed by atoms with E-state index in [4.69, 9.17) is 5.73 Å². The Labute approximate surface area is 142 Å². The molecule has 0 amide bonds. The van der Waals surface area contributed by atoms with Crippen molar-refractivity contribution in [3.05, 3.63) is 53.7 Å². The molecule has 1 aliphatic heterocycles. The molecule has 1 fully saturated rings. The molecule has 2 aromatic heterocycles. The first-order chi connectivity index (χ1) is 11.7. The molecule has 0 radical (unpaired) electrons. The molecule has 1 aliphatic rings. The molecule has 24 heavy (non-hydrogen) atoms. The molecule has 1 saturated heterocycles. The lowest BCUT2D eigenvalue weighted by atomic mass is 10.0. The summed E-state index contributed by atoms with van der Waals surface area (Å²) in [7, 11) is 0. The Morgan fingerprint density at radius 2 is 2.08 bits per heavy atom. The minimum Gasteiger partial charge on any atom is -0.369 e. The van der Waals surface area contributed by atoms with Crippen LogP contribution in [0.25, 0.3) is 11.2 Å². The number of likely N-dealkylation sites (tertiary alicyclic amines) is 1. The molecule has 3 aromatic rings. The summed E-state index contributed by atoms with van der Waals surface area (Å²) in [5.41, 5.74) is 10.5. The van der Waals surface area contributed by atoms with Crippen molar-refractivity contribution in [3.8, 4) is 0 Å². The van der Waals surface area contributed by atoms with E-state index in [9.17, 15) is 0 Å². The van der Waals surface area contributed by atoms with Crippen LogP contribution < -0.4 is 5.73 Å². The van der Waals surface area contributed by atoms with Crippen LogP contribution in [0.2, 0.25) is 0 Å². The molecule has 5 nitrogen and oxygen atoms in total. The van der Waals surface area contributed by atoms with Gasteiger partial charge in [-0.25, -0.2) is 9.97 Å². The Hall–Kier alpha value is -2.40. The highest BCUT2D eigenvalue weighted by atomic mass is 15.2. The van der Waals surface area contributed by atoms with E-state index in [0.717, 1.165) is 42.8 Å². The molecule has 124 valence electrons. The number of piperidine rings is 1. The molecular weight excluding hydrogens is 298 g/mol. The Morgan fingerprint density at radius 1 is 1.25 bits per heavy atom. The maximum Gasteiger partial charge on any atom is 0.202 e. The van der Waals surface area contributed by atoms with E-state index in [1.165, 1.54) is 12.0 Å². The van der Waals surface area contributed by atoms with E-state index in [-0.39, 0.29) is 0 Å². The molecular formula is C19H23N5. The smallest absolute Gasteiger partial charge is 0.202 e. The average molecular weight is 321 g/mol. The van der Waals surface area contributed by atoms with Crippen molar-refractivity contribution in [1.29, 1.82) is 0 Å². The van der Waals surface area contributed by atoms with Crippen LogP contribution in [-0.4, -0.2) is 32.5 Å². The van der Waals surface area contributed by atoms with Crippen LogP contribution in [0.4, 0.5) is 5.95 Å². The summed E-state index contributed by atoms with van der Waals surface area (Å²) in [5, 5.41) is 0. The highest BCUT2D eigenvalue weighted by Gasteiger charge is 2.25. The first-order valence-corrected chi connectivity index (χ1v) is 8.57. The van der Waals surface area contributed by atoms with Crippen LogP contribution in [0, 0.1) is 6.92 Å². The Morgan fingerprint density at radius 3 is 2.92 bits per heavy atom. The monoisotopic (exact) mass is 321 g/mol. The quantitative estimate of drug-likeness (QED) is 0.805. The minimum absolute atomic E-state index is 0.336. The van der Waals surface area contributed by atoms with Crippen LogP contribution >= 0.6 is 0 Å². The number of pyridine rings is 1. The van der Waals surface area contributed by atoms with Gasteiger partial charge in [-0.15, -0.1) is 0 Å². The van der Waals surface area contributed by atoms with Crippen molar-refractivity contribution in [2.45, 2.75) is 32.4 Å². The zero-order valence-electron chi connectivity index (χ0n) is 14.0. The fourth-order valence-electron chi connectivity index (χ4n) is 3.69. The summed E-state index contributed by atoms with van der Waals surface area (Å²) in [6.45, 7) is 5.13. The molecule has 1 unspecified atom stereocenters. The predicted octanol–water partition coefficient (Wildman–Crippen LogP) is 3.16. The van der Waals surface area contributed by atoms with Gasteiger partial charge in [-0.1, -0.05) is 30.3 Å². The number of hydrogen-bond acceptors (Lipinski definition) is 4. The van der Waals surface area contributed by atoms with Gasteiger partial charge in [0.25, 0.3) is 0 Å². The summed E-state index contributed by atoms with van der Waals surface area (Å²) in [6, 6.07) is 13.0. The zero-order chi connectivity index (χ0) is 16.5. The molecule has 0 bridgehead atoms. The summed E-state index contributed by atoms with van der Waals surface area (Å²) in [4.78, 5) is 11.6. The topological polar surface area (TPSA) is 60.0 Å². The van der Waals surface area contributed by atoms with Crippen LogP contribution in [0.5, 0.6) is 0 Å². The highest BCUT2D eigenvalue weighted by molar-refractivity contribution is 5.74. The maximum atomic E-state index is 6.23. The largest absolute Gasteiger partial charge is 0.369 e. The molecule has 2 N–H and O–H groups in total. The summed E-state index contributed by atoms with van der Waals surface area (Å²) in [6.07, 6.45) is 4.18. The number of imidazole rings is 1. The van der Waals surface area contributed by atoms with Gasteiger partial charge in [-0.3, -0.25) is 9.47 Å². The van der Waals surface area contributed by atoms with Gasteiger partial charge in [-0.05, 0) is 43.5 Å². The summed E-state index contributed by atoms with van der Waals surface area (Å²) in [5.74, 6) is 0.578. The molecule has 4 rings (SSSR count). The van der Waals surface area contributed by atoms with Gasteiger partial charge < -0.3 is 5.73 Å². The highest BCUT2D eigenvalue weighted by Crippen LogP contribution is 2.29. The van der Waals surface area contributed by atoms with Crippen molar-refractivity contribution in [2.24, 2.45) is 0 Å². The summed E-state index contributed by atoms with van der Waals surface area (Å²) < 4.78 is 2.13. The number of hydrogen-bond donors (Lipinski definition) is 1. The molecule has 5 heteroatoms. The third kappa shape index (κ3) is 2.87. The fourth-order valence-corrected chi connectivity index (χ4v) is 3.69. The summed E-state index contributed by atoms with van der Waals surface area (Å²) >= 11 is 0. The molecule has 3 heterocycles. The zero-order valence-corrected chi connectivity index (χ0v) is 14.0. The lowest BCUT2D eigenvalue weighted by Gasteiger charge is -2.33. The lowest BCUT2D eigenvalue weighted by Crippen LogP contribution is -2.36. The van der Waals surface area contributed by atoms with Crippen molar-refractivity contribution in [2.75, 3.05) is 18.8 Å². The van der Waals surface area contributed by atoms with E-state index < -0.39 is 0 Å². The number of nitrogens with two attached hydrogens (primary N) is 1. The number of aromatic nitrogens is 3. The first kappa shape index (κ1) is 15.1. The molecule has 0 spiro atoms. The minimum atomic E-state index is 0.336.